The highest BCUT2D eigenvalue weighted by Gasteiger charge is 2.11. The molecule has 0 saturated carbocycles. The van der Waals surface area contributed by atoms with Crippen LogP contribution in [-0.2, 0) is 11.2 Å². The van der Waals surface area contributed by atoms with E-state index in [0.29, 0.717) is 12.6 Å². The number of halogens is 1. The molecular weight excluding hydrogens is 459 g/mol. The zero-order chi connectivity index (χ0) is 18.7. The van der Waals surface area contributed by atoms with Crippen LogP contribution in [0.15, 0.2) is 17.1 Å². The van der Waals surface area contributed by atoms with E-state index in [1.807, 2.05) is 18.3 Å². The number of hydrogen-bond donors (Lipinski definition) is 2. The number of rotatable bonds is 11. The lowest BCUT2D eigenvalue weighted by Gasteiger charge is -2.20. The van der Waals surface area contributed by atoms with Crippen molar-refractivity contribution in [1.82, 2.24) is 15.5 Å². The highest BCUT2D eigenvalue weighted by molar-refractivity contribution is 14.0. The van der Waals surface area contributed by atoms with Crippen LogP contribution in [0, 0.1) is 6.92 Å². The van der Waals surface area contributed by atoms with Gasteiger partial charge in [-0.15, -0.1) is 35.3 Å². The molecule has 0 radical (unpaired) electrons. The zero-order valence-electron chi connectivity index (χ0n) is 17.2. The fourth-order valence-corrected chi connectivity index (χ4v) is 3.58. The molecular formula is C19H37IN4OS. The summed E-state index contributed by atoms with van der Waals surface area (Å²) in [6.07, 6.45) is 2.17. The van der Waals surface area contributed by atoms with Gasteiger partial charge in [0.1, 0.15) is 0 Å². The van der Waals surface area contributed by atoms with Crippen LogP contribution in [0.1, 0.15) is 36.9 Å². The molecule has 1 aromatic heterocycles. The molecule has 0 spiro atoms. The maximum Gasteiger partial charge on any atom is 0.191 e. The van der Waals surface area contributed by atoms with E-state index in [4.69, 9.17) is 9.73 Å². The molecule has 7 heteroatoms. The first-order valence-electron chi connectivity index (χ1n) is 9.31. The third-order valence-corrected chi connectivity index (χ3v) is 4.81. The van der Waals surface area contributed by atoms with E-state index >= 15 is 0 Å². The third kappa shape index (κ3) is 11.4. The van der Waals surface area contributed by atoms with Crippen LogP contribution in [0.5, 0.6) is 0 Å². The zero-order valence-corrected chi connectivity index (χ0v) is 20.3. The third-order valence-electron chi connectivity index (χ3n) is 3.78. The summed E-state index contributed by atoms with van der Waals surface area (Å²) in [7, 11) is 4.18. The van der Waals surface area contributed by atoms with E-state index in [0.717, 1.165) is 38.5 Å². The van der Waals surface area contributed by atoms with Gasteiger partial charge >= 0.3 is 0 Å². The molecule has 2 N–H and O–H groups in total. The molecule has 1 aromatic rings. The van der Waals surface area contributed by atoms with E-state index in [1.54, 1.807) is 0 Å². The Morgan fingerprint density at radius 2 is 2.04 bits per heavy atom. The van der Waals surface area contributed by atoms with Gasteiger partial charge in [-0.25, -0.2) is 0 Å². The molecule has 26 heavy (non-hydrogen) atoms. The predicted molar refractivity (Wildman–Crippen MR) is 125 cm³/mol. The van der Waals surface area contributed by atoms with Gasteiger partial charge in [0.05, 0.1) is 12.6 Å². The summed E-state index contributed by atoms with van der Waals surface area (Å²) in [5.74, 6) is 0.873. The van der Waals surface area contributed by atoms with Crippen molar-refractivity contribution < 1.29 is 4.74 Å². The van der Waals surface area contributed by atoms with Gasteiger partial charge in [-0.2, -0.15) is 0 Å². The fraction of sp³-hybridized carbons (Fsp3) is 0.737. The molecule has 2 unspecified atom stereocenters. The molecule has 0 bridgehead atoms. The van der Waals surface area contributed by atoms with Crippen LogP contribution in [0.4, 0.5) is 0 Å². The van der Waals surface area contributed by atoms with Crippen LogP contribution in [-0.4, -0.2) is 63.3 Å². The van der Waals surface area contributed by atoms with Gasteiger partial charge in [0.25, 0.3) is 0 Å². The van der Waals surface area contributed by atoms with Crippen molar-refractivity contribution >= 4 is 41.3 Å². The van der Waals surface area contributed by atoms with E-state index in [-0.39, 0.29) is 30.1 Å². The monoisotopic (exact) mass is 496 g/mol. The van der Waals surface area contributed by atoms with Gasteiger partial charge in [-0.3, -0.25) is 4.99 Å². The minimum Gasteiger partial charge on any atom is -0.377 e. The van der Waals surface area contributed by atoms with Gasteiger partial charge < -0.3 is 20.3 Å². The van der Waals surface area contributed by atoms with Gasteiger partial charge in [-0.1, -0.05) is 0 Å². The second-order valence-corrected chi connectivity index (χ2v) is 8.02. The average Bonchev–Trinajstić information content (AvgIpc) is 2.94. The summed E-state index contributed by atoms with van der Waals surface area (Å²) >= 11 is 1.87. The number of guanidine groups is 1. The molecule has 1 heterocycles. The molecule has 1 rings (SSSR count). The van der Waals surface area contributed by atoms with Crippen molar-refractivity contribution in [2.24, 2.45) is 4.99 Å². The largest absolute Gasteiger partial charge is 0.377 e. The molecule has 0 aliphatic rings. The molecule has 5 nitrogen and oxygen atoms in total. The van der Waals surface area contributed by atoms with Crippen molar-refractivity contribution in [3.63, 3.8) is 0 Å². The Morgan fingerprint density at radius 1 is 1.31 bits per heavy atom. The number of thiophene rings is 1. The van der Waals surface area contributed by atoms with E-state index in [1.165, 1.54) is 9.75 Å². The predicted octanol–water partition coefficient (Wildman–Crippen LogP) is 3.52. The van der Waals surface area contributed by atoms with Crippen molar-refractivity contribution in [2.45, 2.75) is 52.7 Å². The quantitative estimate of drug-likeness (QED) is 0.280. The maximum atomic E-state index is 5.84. The fourth-order valence-electron chi connectivity index (χ4n) is 2.56. The summed E-state index contributed by atoms with van der Waals surface area (Å²) in [6.45, 7) is 11.8. The SMILES string of the molecule is CCNC(=NCC(CCN(C)C)OCC)NC(C)Cc1ccc(C)s1.I. The lowest BCUT2D eigenvalue weighted by atomic mass is 10.2. The Balaban J connectivity index is 0.00000625. The highest BCUT2D eigenvalue weighted by atomic mass is 127. The summed E-state index contributed by atoms with van der Waals surface area (Å²) in [4.78, 5) is 9.71. The highest BCUT2D eigenvalue weighted by Crippen LogP contribution is 2.16. The first-order chi connectivity index (χ1) is 11.9. The van der Waals surface area contributed by atoms with Crippen LogP contribution in [0.25, 0.3) is 0 Å². The Hall–Kier alpha value is -0.380. The van der Waals surface area contributed by atoms with E-state index in [2.05, 4.69) is 62.5 Å². The standard InChI is InChI=1S/C19H36N4OS.HI/c1-7-20-19(21-14-17(24-8-2)11-12-23(5)6)22-15(3)13-18-10-9-16(4)25-18;/h9-10,15,17H,7-8,11-14H2,1-6H3,(H2,20,21,22);1H. The van der Waals surface area contributed by atoms with Crippen LogP contribution in [0.3, 0.4) is 0 Å². The Bertz CT molecular complexity index is 507. The Labute approximate surface area is 181 Å². The molecule has 0 aromatic carbocycles. The van der Waals surface area contributed by atoms with Crippen molar-refractivity contribution in [3.05, 3.63) is 21.9 Å². The first kappa shape index (κ1) is 25.6. The number of nitrogens with zero attached hydrogens (tertiary/aromatic N) is 2. The summed E-state index contributed by atoms with van der Waals surface area (Å²) in [5.41, 5.74) is 0. The Morgan fingerprint density at radius 3 is 2.58 bits per heavy atom. The van der Waals surface area contributed by atoms with Crippen molar-refractivity contribution in [2.75, 3.05) is 40.3 Å². The molecule has 0 saturated heterocycles. The molecule has 0 fully saturated rings. The lowest BCUT2D eigenvalue weighted by molar-refractivity contribution is 0.0582. The maximum absolute atomic E-state index is 5.84. The molecule has 152 valence electrons. The second kappa shape index (κ2) is 14.6. The number of ether oxygens (including phenoxy) is 1. The number of nitrogens with one attached hydrogen (secondary N) is 2. The topological polar surface area (TPSA) is 48.9 Å². The molecule has 0 aliphatic heterocycles. The minimum absolute atomic E-state index is 0. The lowest BCUT2D eigenvalue weighted by Crippen LogP contribution is -2.43. The number of aliphatic imine (C=N–C) groups is 1. The summed E-state index contributed by atoms with van der Waals surface area (Å²) in [6, 6.07) is 4.74. The second-order valence-electron chi connectivity index (χ2n) is 6.65. The van der Waals surface area contributed by atoms with Gasteiger partial charge in [0, 0.05) is 41.9 Å². The van der Waals surface area contributed by atoms with Gasteiger partial charge in [-0.05, 0) is 60.3 Å². The Kier molecular flexibility index (Phi) is 14.4. The average molecular weight is 497 g/mol. The van der Waals surface area contributed by atoms with Crippen LogP contribution >= 0.6 is 35.3 Å². The van der Waals surface area contributed by atoms with Gasteiger partial charge in [0.15, 0.2) is 5.96 Å². The van der Waals surface area contributed by atoms with Gasteiger partial charge in [0.2, 0.25) is 0 Å². The van der Waals surface area contributed by atoms with Crippen molar-refractivity contribution in [1.29, 1.82) is 0 Å². The minimum atomic E-state index is 0. The normalized spacial score (nSPS) is 14.0. The smallest absolute Gasteiger partial charge is 0.191 e. The van der Waals surface area contributed by atoms with E-state index < -0.39 is 0 Å². The van der Waals surface area contributed by atoms with Crippen LogP contribution in [0.2, 0.25) is 0 Å². The number of aryl methyl sites for hydroxylation is 1. The number of hydrogen-bond acceptors (Lipinski definition) is 4. The molecule has 0 amide bonds. The molecule has 0 aliphatic carbocycles. The summed E-state index contributed by atoms with van der Waals surface area (Å²) in [5, 5.41) is 6.86. The summed E-state index contributed by atoms with van der Waals surface area (Å²) < 4.78 is 5.84. The van der Waals surface area contributed by atoms with E-state index in [9.17, 15) is 0 Å². The van der Waals surface area contributed by atoms with Crippen LogP contribution < -0.4 is 10.6 Å². The molecule has 2 atom stereocenters. The first-order valence-corrected chi connectivity index (χ1v) is 10.1. The van der Waals surface area contributed by atoms with Crippen molar-refractivity contribution in [3.8, 4) is 0 Å².